The molecule has 2 unspecified atom stereocenters. The highest BCUT2D eigenvalue weighted by atomic mass is 35.5. The molecule has 0 bridgehead atoms. The lowest BCUT2D eigenvalue weighted by Crippen LogP contribution is -2.44. The van der Waals surface area contributed by atoms with Crippen molar-refractivity contribution < 1.29 is 4.79 Å². The van der Waals surface area contributed by atoms with Crippen LogP contribution in [0, 0.1) is 5.92 Å². The summed E-state index contributed by atoms with van der Waals surface area (Å²) < 4.78 is 0. The number of piperidine rings is 1. The highest BCUT2D eigenvalue weighted by molar-refractivity contribution is 6.32. The van der Waals surface area contributed by atoms with E-state index in [0.29, 0.717) is 10.9 Å². The quantitative estimate of drug-likeness (QED) is 0.871. The largest absolute Gasteiger partial charge is 0.339 e. The molecule has 0 radical (unpaired) electrons. The van der Waals surface area contributed by atoms with Crippen molar-refractivity contribution in [3.63, 3.8) is 0 Å². The van der Waals surface area contributed by atoms with Crippen LogP contribution in [0.3, 0.4) is 0 Å². The molecule has 4 heteroatoms. The zero-order valence-electron chi connectivity index (χ0n) is 11.8. The standard InChI is InChI=1S/C16H21ClN2O/c1-12(18)14-6-4-10-19(11-14)16(20)9-8-13-5-2-3-7-15(13)17/h2-3,5,7-9,12,14H,4,6,10-11,18H2,1H3. The summed E-state index contributed by atoms with van der Waals surface area (Å²) in [6.07, 6.45) is 5.51. The van der Waals surface area contributed by atoms with Crippen LogP contribution in [0.15, 0.2) is 30.3 Å². The van der Waals surface area contributed by atoms with Gasteiger partial charge in [-0.25, -0.2) is 0 Å². The van der Waals surface area contributed by atoms with Gasteiger partial charge in [-0.15, -0.1) is 0 Å². The molecule has 1 aromatic carbocycles. The summed E-state index contributed by atoms with van der Waals surface area (Å²) in [5.41, 5.74) is 6.81. The molecule has 108 valence electrons. The Morgan fingerprint density at radius 1 is 1.50 bits per heavy atom. The first-order valence-corrected chi connectivity index (χ1v) is 7.43. The summed E-state index contributed by atoms with van der Waals surface area (Å²) in [5.74, 6) is 0.441. The Hall–Kier alpha value is -1.32. The van der Waals surface area contributed by atoms with Crippen LogP contribution in [0.4, 0.5) is 0 Å². The van der Waals surface area contributed by atoms with Gasteiger partial charge < -0.3 is 10.6 Å². The number of carbonyl (C=O) groups is 1. The van der Waals surface area contributed by atoms with Crippen LogP contribution in [0.5, 0.6) is 0 Å². The van der Waals surface area contributed by atoms with Gasteiger partial charge >= 0.3 is 0 Å². The monoisotopic (exact) mass is 292 g/mol. The second kappa shape index (κ2) is 6.91. The molecule has 20 heavy (non-hydrogen) atoms. The van der Waals surface area contributed by atoms with Gasteiger partial charge in [-0.3, -0.25) is 4.79 Å². The zero-order chi connectivity index (χ0) is 14.5. The molecule has 0 saturated carbocycles. The normalized spacial score (nSPS) is 21.1. The van der Waals surface area contributed by atoms with Crippen molar-refractivity contribution in [2.24, 2.45) is 11.7 Å². The fourth-order valence-corrected chi connectivity index (χ4v) is 2.71. The third kappa shape index (κ3) is 3.84. The average Bonchev–Trinajstić information content (AvgIpc) is 2.46. The number of nitrogens with two attached hydrogens (primary N) is 1. The Balaban J connectivity index is 1.99. The maximum atomic E-state index is 12.2. The lowest BCUT2D eigenvalue weighted by Gasteiger charge is -2.34. The van der Waals surface area contributed by atoms with Crippen LogP contribution >= 0.6 is 11.6 Å². The van der Waals surface area contributed by atoms with Crippen LogP contribution in [-0.4, -0.2) is 29.9 Å². The topological polar surface area (TPSA) is 46.3 Å². The first-order chi connectivity index (χ1) is 9.58. The van der Waals surface area contributed by atoms with Gasteiger partial charge in [0.25, 0.3) is 0 Å². The molecule has 2 rings (SSSR count). The summed E-state index contributed by atoms with van der Waals surface area (Å²) in [6.45, 7) is 3.58. The Bertz CT molecular complexity index is 499. The predicted octanol–water partition coefficient (Wildman–Crippen LogP) is 2.94. The maximum absolute atomic E-state index is 12.2. The number of carbonyl (C=O) groups excluding carboxylic acids is 1. The lowest BCUT2D eigenvalue weighted by atomic mass is 9.92. The minimum Gasteiger partial charge on any atom is -0.339 e. The second-order valence-corrected chi connectivity index (χ2v) is 5.81. The Morgan fingerprint density at radius 3 is 2.95 bits per heavy atom. The summed E-state index contributed by atoms with van der Waals surface area (Å²) in [6, 6.07) is 7.63. The van der Waals surface area contributed by atoms with Gasteiger partial charge in [0.15, 0.2) is 0 Å². The van der Waals surface area contributed by atoms with E-state index in [9.17, 15) is 4.79 Å². The Morgan fingerprint density at radius 2 is 2.25 bits per heavy atom. The number of benzene rings is 1. The minimum absolute atomic E-state index is 0.0373. The highest BCUT2D eigenvalue weighted by Crippen LogP contribution is 2.20. The van der Waals surface area contributed by atoms with Gasteiger partial charge in [-0.1, -0.05) is 29.8 Å². The van der Waals surface area contributed by atoms with Gasteiger partial charge in [-0.05, 0) is 43.4 Å². The van der Waals surface area contributed by atoms with Gasteiger partial charge in [0.2, 0.25) is 5.91 Å². The average molecular weight is 293 g/mol. The molecule has 0 aliphatic carbocycles. The van der Waals surface area contributed by atoms with Gasteiger partial charge in [0.1, 0.15) is 0 Å². The number of likely N-dealkylation sites (tertiary alicyclic amines) is 1. The summed E-state index contributed by atoms with van der Waals surface area (Å²) in [7, 11) is 0. The summed E-state index contributed by atoms with van der Waals surface area (Å²) in [5, 5.41) is 0.656. The van der Waals surface area contributed by atoms with E-state index < -0.39 is 0 Å². The molecule has 2 N–H and O–H groups in total. The van der Waals surface area contributed by atoms with Crippen molar-refractivity contribution in [3.05, 3.63) is 40.9 Å². The summed E-state index contributed by atoms with van der Waals surface area (Å²) in [4.78, 5) is 14.1. The second-order valence-electron chi connectivity index (χ2n) is 5.40. The fourth-order valence-electron chi connectivity index (χ4n) is 2.52. The molecule has 1 aliphatic rings. The van der Waals surface area contributed by atoms with Crippen LogP contribution in [0.25, 0.3) is 6.08 Å². The van der Waals surface area contributed by atoms with E-state index in [4.69, 9.17) is 17.3 Å². The smallest absolute Gasteiger partial charge is 0.246 e. The number of rotatable bonds is 3. The third-order valence-corrected chi connectivity index (χ3v) is 4.17. The number of nitrogens with zero attached hydrogens (tertiary/aromatic N) is 1. The molecule has 1 fully saturated rings. The Kier molecular flexibility index (Phi) is 5.21. The molecule has 1 amide bonds. The van der Waals surface area contributed by atoms with Crippen LogP contribution in [0.1, 0.15) is 25.3 Å². The molecule has 1 aliphatic heterocycles. The maximum Gasteiger partial charge on any atom is 0.246 e. The van der Waals surface area contributed by atoms with E-state index in [1.165, 1.54) is 0 Å². The molecule has 0 spiro atoms. The minimum atomic E-state index is 0.0373. The number of amides is 1. The number of hydrogen-bond donors (Lipinski definition) is 1. The summed E-state index contributed by atoms with van der Waals surface area (Å²) >= 11 is 6.07. The Labute approximate surface area is 125 Å². The molecule has 1 saturated heterocycles. The highest BCUT2D eigenvalue weighted by Gasteiger charge is 2.24. The molecule has 1 aromatic rings. The van der Waals surface area contributed by atoms with E-state index in [1.807, 2.05) is 36.1 Å². The van der Waals surface area contributed by atoms with Gasteiger partial charge in [0, 0.05) is 30.2 Å². The molecule has 2 atom stereocenters. The number of halogens is 1. The van der Waals surface area contributed by atoms with Crippen molar-refractivity contribution in [3.8, 4) is 0 Å². The van der Waals surface area contributed by atoms with E-state index in [-0.39, 0.29) is 11.9 Å². The van der Waals surface area contributed by atoms with Crippen molar-refractivity contribution in [1.29, 1.82) is 0 Å². The molecule has 0 aromatic heterocycles. The van der Waals surface area contributed by atoms with E-state index in [1.54, 1.807) is 12.2 Å². The van der Waals surface area contributed by atoms with Crippen LogP contribution in [0.2, 0.25) is 5.02 Å². The van der Waals surface area contributed by atoms with Gasteiger partial charge in [-0.2, -0.15) is 0 Å². The van der Waals surface area contributed by atoms with E-state index >= 15 is 0 Å². The molecular formula is C16H21ClN2O. The van der Waals surface area contributed by atoms with Crippen molar-refractivity contribution in [2.75, 3.05) is 13.1 Å². The third-order valence-electron chi connectivity index (χ3n) is 3.82. The SMILES string of the molecule is CC(N)C1CCCN(C(=O)C=Cc2ccccc2Cl)C1. The van der Waals surface area contributed by atoms with E-state index in [2.05, 4.69) is 0 Å². The molecule has 1 heterocycles. The van der Waals surface area contributed by atoms with E-state index in [0.717, 1.165) is 31.5 Å². The zero-order valence-corrected chi connectivity index (χ0v) is 12.5. The predicted molar refractivity (Wildman–Crippen MR) is 83.4 cm³/mol. The first kappa shape index (κ1) is 15.1. The fraction of sp³-hybridized carbons (Fsp3) is 0.438. The number of hydrogen-bond acceptors (Lipinski definition) is 2. The van der Waals surface area contributed by atoms with Crippen LogP contribution in [-0.2, 0) is 4.79 Å². The van der Waals surface area contributed by atoms with Gasteiger partial charge in [0.05, 0.1) is 0 Å². The van der Waals surface area contributed by atoms with Crippen molar-refractivity contribution >= 4 is 23.6 Å². The van der Waals surface area contributed by atoms with Crippen molar-refractivity contribution in [1.82, 2.24) is 4.90 Å². The lowest BCUT2D eigenvalue weighted by molar-refractivity contribution is -0.127. The van der Waals surface area contributed by atoms with Crippen LogP contribution < -0.4 is 5.73 Å². The molecular weight excluding hydrogens is 272 g/mol. The van der Waals surface area contributed by atoms with Crippen molar-refractivity contribution in [2.45, 2.75) is 25.8 Å². The first-order valence-electron chi connectivity index (χ1n) is 7.05. The molecule has 3 nitrogen and oxygen atoms in total.